The molecule has 1 aliphatic rings. The van der Waals surface area contributed by atoms with E-state index >= 15 is 0 Å². The van der Waals surface area contributed by atoms with E-state index in [0.29, 0.717) is 0 Å². The first-order valence-corrected chi connectivity index (χ1v) is 5.49. The van der Waals surface area contributed by atoms with Gasteiger partial charge in [0.2, 0.25) is 0 Å². The van der Waals surface area contributed by atoms with Gasteiger partial charge in [0.05, 0.1) is 18.9 Å². The number of nitrogens with zero attached hydrogens (tertiary/aromatic N) is 1. The zero-order valence-corrected chi connectivity index (χ0v) is 9.44. The van der Waals surface area contributed by atoms with Crippen molar-refractivity contribution < 1.29 is 4.74 Å². The van der Waals surface area contributed by atoms with E-state index in [1.165, 1.54) is 5.57 Å². The summed E-state index contributed by atoms with van der Waals surface area (Å²) in [5.74, 6) is 5.61. The van der Waals surface area contributed by atoms with Gasteiger partial charge in [0.15, 0.2) is 0 Å². The van der Waals surface area contributed by atoms with Crippen molar-refractivity contribution in [3.05, 3.63) is 41.4 Å². The fourth-order valence-corrected chi connectivity index (χ4v) is 1.95. The Bertz CT molecular complexity index is 390. The van der Waals surface area contributed by atoms with E-state index in [1.807, 2.05) is 25.6 Å². The first kappa shape index (κ1) is 11.1. The summed E-state index contributed by atoms with van der Waals surface area (Å²) in [4.78, 5) is 4.18. The molecule has 1 unspecified atom stereocenters. The average Bonchev–Trinajstić information content (AvgIpc) is 2.31. The molecular formula is C12H17N3O. The molecule has 16 heavy (non-hydrogen) atoms. The molecule has 0 saturated heterocycles. The summed E-state index contributed by atoms with van der Waals surface area (Å²) in [5, 5.41) is 0. The fraction of sp³-hybridized carbons (Fsp3) is 0.417. The molecule has 86 valence electrons. The second-order valence-electron chi connectivity index (χ2n) is 4.06. The van der Waals surface area contributed by atoms with Crippen molar-refractivity contribution in [3.63, 3.8) is 0 Å². The Morgan fingerprint density at radius 3 is 3.00 bits per heavy atom. The number of pyridine rings is 1. The van der Waals surface area contributed by atoms with Crippen LogP contribution in [0.4, 0.5) is 0 Å². The predicted molar refractivity (Wildman–Crippen MR) is 62.3 cm³/mol. The van der Waals surface area contributed by atoms with Crippen LogP contribution in [0.25, 0.3) is 0 Å². The van der Waals surface area contributed by atoms with Gasteiger partial charge in [-0.05, 0) is 36.5 Å². The maximum Gasteiger partial charge on any atom is 0.0876 e. The Balaban J connectivity index is 2.25. The van der Waals surface area contributed by atoms with E-state index in [1.54, 1.807) is 0 Å². The van der Waals surface area contributed by atoms with Crippen molar-refractivity contribution in [3.8, 4) is 0 Å². The molecule has 0 aromatic carbocycles. The van der Waals surface area contributed by atoms with E-state index in [2.05, 4.69) is 16.5 Å². The van der Waals surface area contributed by atoms with Crippen LogP contribution in [0.2, 0.25) is 0 Å². The molecule has 3 N–H and O–H groups in total. The minimum Gasteiger partial charge on any atom is -0.501 e. The monoisotopic (exact) mass is 219 g/mol. The second kappa shape index (κ2) is 5.09. The topological polar surface area (TPSA) is 60.2 Å². The summed E-state index contributed by atoms with van der Waals surface area (Å²) >= 11 is 0. The highest BCUT2D eigenvalue weighted by molar-refractivity contribution is 5.28. The molecule has 2 heterocycles. The van der Waals surface area contributed by atoms with Crippen molar-refractivity contribution >= 4 is 0 Å². The highest BCUT2D eigenvalue weighted by Gasteiger charge is 2.18. The molecule has 1 aromatic rings. The minimum atomic E-state index is 0.00713. The van der Waals surface area contributed by atoms with Gasteiger partial charge in [-0.15, -0.1) is 0 Å². The Morgan fingerprint density at radius 2 is 2.38 bits per heavy atom. The number of hydrogen-bond acceptors (Lipinski definition) is 4. The van der Waals surface area contributed by atoms with Gasteiger partial charge in [-0.2, -0.15) is 0 Å². The smallest absolute Gasteiger partial charge is 0.0876 e. The van der Waals surface area contributed by atoms with Gasteiger partial charge in [0.25, 0.3) is 0 Å². The molecule has 2 rings (SSSR count). The average molecular weight is 219 g/mol. The quantitative estimate of drug-likeness (QED) is 0.598. The molecule has 1 atom stereocenters. The van der Waals surface area contributed by atoms with Gasteiger partial charge < -0.3 is 4.74 Å². The third-order valence-corrected chi connectivity index (χ3v) is 2.73. The molecule has 1 aliphatic heterocycles. The van der Waals surface area contributed by atoms with Gasteiger partial charge in [-0.1, -0.05) is 6.07 Å². The highest BCUT2D eigenvalue weighted by Crippen LogP contribution is 2.26. The lowest BCUT2D eigenvalue weighted by Crippen LogP contribution is -2.30. The molecule has 0 fully saturated rings. The first-order valence-electron chi connectivity index (χ1n) is 5.49. The lowest BCUT2D eigenvalue weighted by atomic mass is 9.96. The number of nitrogens with two attached hydrogens (primary N) is 1. The molecule has 1 aromatic heterocycles. The third kappa shape index (κ3) is 2.40. The lowest BCUT2D eigenvalue weighted by Gasteiger charge is -2.22. The minimum absolute atomic E-state index is 0.00713. The van der Waals surface area contributed by atoms with Crippen molar-refractivity contribution in [2.24, 2.45) is 5.84 Å². The van der Waals surface area contributed by atoms with Crippen LogP contribution < -0.4 is 11.3 Å². The first-order chi connectivity index (χ1) is 7.81. The zero-order chi connectivity index (χ0) is 11.4. The van der Waals surface area contributed by atoms with E-state index in [4.69, 9.17) is 10.6 Å². The van der Waals surface area contributed by atoms with Gasteiger partial charge in [0.1, 0.15) is 0 Å². The summed E-state index contributed by atoms with van der Waals surface area (Å²) in [6, 6.07) is 2.10. The van der Waals surface area contributed by atoms with Crippen LogP contribution >= 0.6 is 0 Å². The van der Waals surface area contributed by atoms with Gasteiger partial charge >= 0.3 is 0 Å². The summed E-state index contributed by atoms with van der Waals surface area (Å²) in [6.45, 7) is 2.82. The molecule has 0 saturated carbocycles. The number of hydrazine groups is 1. The van der Waals surface area contributed by atoms with E-state index in [0.717, 1.165) is 30.6 Å². The third-order valence-electron chi connectivity index (χ3n) is 2.73. The standard InChI is InChI=1S/C12H17N3O/c1-9-5-11(7-14-6-9)12(15-13)10-3-2-4-16-8-10/h5-8,12,15H,2-4,13H2,1H3. The van der Waals surface area contributed by atoms with Crippen LogP contribution in [0.3, 0.4) is 0 Å². The van der Waals surface area contributed by atoms with Gasteiger partial charge in [0, 0.05) is 12.4 Å². The number of aromatic nitrogens is 1. The second-order valence-corrected chi connectivity index (χ2v) is 4.06. The summed E-state index contributed by atoms with van der Waals surface area (Å²) < 4.78 is 5.34. The maximum atomic E-state index is 5.61. The Morgan fingerprint density at radius 1 is 1.50 bits per heavy atom. The van der Waals surface area contributed by atoms with E-state index < -0.39 is 0 Å². The number of rotatable bonds is 3. The summed E-state index contributed by atoms with van der Waals surface area (Å²) in [6.07, 6.45) is 7.55. The Kier molecular flexibility index (Phi) is 3.54. The predicted octanol–water partition coefficient (Wildman–Crippen LogP) is 1.59. The molecule has 0 spiro atoms. The molecule has 4 heteroatoms. The van der Waals surface area contributed by atoms with Crippen molar-refractivity contribution in [2.75, 3.05) is 6.61 Å². The summed E-state index contributed by atoms with van der Waals surface area (Å²) in [5.41, 5.74) is 6.23. The van der Waals surface area contributed by atoms with Crippen molar-refractivity contribution in [2.45, 2.75) is 25.8 Å². The lowest BCUT2D eigenvalue weighted by molar-refractivity contribution is 0.219. The number of ether oxygens (including phenoxy) is 1. The molecule has 0 aliphatic carbocycles. The summed E-state index contributed by atoms with van der Waals surface area (Å²) in [7, 11) is 0. The van der Waals surface area contributed by atoms with Crippen LogP contribution in [-0.4, -0.2) is 11.6 Å². The number of aryl methyl sites for hydroxylation is 1. The molecular weight excluding hydrogens is 202 g/mol. The number of nitrogens with one attached hydrogen (secondary N) is 1. The number of hydrogen-bond donors (Lipinski definition) is 2. The Hall–Kier alpha value is -1.39. The van der Waals surface area contributed by atoms with Crippen LogP contribution in [0.1, 0.15) is 30.0 Å². The van der Waals surface area contributed by atoms with Crippen molar-refractivity contribution in [1.82, 2.24) is 10.4 Å². The molecule has 4 nitrogen and oxygen atoms in total. The largest absolute Gasteiger partial charge is 0.501 e. The van der Waals surface area contributed by atoms with Crippen LogP contribution in [0.5, 0.6) is 0 Å². The maximum absolute atomic E-state index is 5.61. The SMILES string of the molecule is Cc1cncc(C(NN)C2=COCCC2)c1. The molecule has 0 radical (unpaired) electrons. The van der Waals surface area contributed by atoms with E-state index in [9.17, 15) is 0 Å². The van der Waals surface area contributed by atoms with E-state index in [-0.39, 0.29) is 6.04 Å². The molecule has 0 amide bonds. The molecule has 0 bridgehead atoms. The van der Waals surface area contributed by atoms with Gasteiger partial charge in [-0.25, -0.2) is 5.43 Å². The van der Waals surface area contributed by atoms with Gasteiger partial charge in [-0.3, -0.25) is 10.8 Å². The zero-order valence-electron chi connectivity index (χ0n) is 9.44. The van der Waals surface area contributed by atoms with Crippen molar-refractivity contribution in [1.29, 1.82) is 0 Å². The normalized spacial score (nSPS) is 17.5. The highest BCUT2D eigenvalue weighted by atomic mass is 16.5. The van der Waals surface area contributed by atoms with Crippen LogP contribution in [0, 0.1) is 6.92 Å². The Labute approximate surface area is 95.5 Å². The van der Waals surface area contributed by atoms with Crippen LogP contribution in [0.15, 0.2) is 30.3 Å². The van der Waals surface area contributed by atoms with Crippen LogP contribution in [-0.2, 0) is 4.74 Å². The fourth-order valence-electron chi connectivity index (χ4n) is 1.95.